The van der Waals surface area contributed by atoms with Crippen molar-refractivity contribution in [1.29, 1.82) is 0 Å². The van der Waals surface area contributed by atoms with Gasteiger partial charge in [0.2, 0.25) is 5.95 Å². The van der Waals surface area contributed by atoms with Crippen LogP contribution in [0.5, 0.6) is 0 Å². The molecule has 1 N–H and O–H groups in total. The van der Waals surface area contributed by atoms with E-state index in [0.29, 0.717) is 12.6 Å². The highest BCUT2D eigenvalue weighted by molar-refractivity contribution is 7.10. The van der Waals surface area contributed by atoms with Gasteiger partial charge in [-0.2, -0.15) is 0 Å². The average Bonchev–Trinajstić information content (AvgIpc) is 3.05. The average molecular weight is 293 g/mol. The number of ether oxygens (including phenoxy) is 1. The van der Waals surface area contributed by atoms with E-state index in [-0.39, 0.29) is 6.04 Å². The Morgan fingerprint density at radius 1 is 1.50 bits per heavy atom. The highest BCUT2D eigenvalue weighted by Gasteiger charge is 2.16. The Morgan fingerprint density at radius 2 is 2.30 bits per heavy atom. The fourth-order valence-corrected chi connectivity index (χ4v) is 3.16. The van der Waals surface area contributed by atoms with Crippen LogP contribution in [-0.4, -0.2) is 23.3 Å². The van der Waals surface area contributed by atoms with Crippen LogP contribution in [0.1, 0.15) is 42.9 Å². The zero-order chi connectivity index (χ0) is 14.5. The quantitative estimate of drug-likeness (QED) is 0.838. The summed E-state index contributed by atoms with van der Waals surface area (Å²) in [6, 6.07) is 4.84. The first kappa shape index (κ1) is 15.1. The van der Waals surface area contributed by atoms with Gasteiger partial charge in [-0.25, -0.2) is 4.98 Å². The second kappa shape index (κ2) is 6.90. The lowest BCUT2D eigenvalue weighted by Crippen LogP contribution is -2.17. The third-order valence-corrected chi connectivity index (χ3v) is 4.32. The zero-order valence-corrected chi connectivity index (χ0v) is 13.4. The molecule has 4 nitrogen and oxygen atoms in total. The summed E-state index contributed by atoms with van der Waals surface area (Å²) in [6.07, 6.45) is 3.11. The second-order valence-electron chi connectivity index (χ2n) is 5.04. The van der Waals surface area contributed by atoms with Gasteiger partial charge in [-0.1, -0.05) is 13.0 Å². The number of hydrogen-bond acceptors (Lipinski definition) is 4. The summed E-state index contributed by atoms with van der Waals surface area (Å²) in [5.41, 5.74) is 1.02. The number of aryl methyl sites for hydroxylation is 1. The number of hydrogen-bond donors (Lipinski definition) is 1. The number of thiophene rings is 1. The third kappa shape index (κ3) is 3.41. The maximum Gasteiger partial charge on any atom is 0.203 e. The van der Waals surface area contributed by atoms with Crippen molar-refractivity contribution in [3.63, 3.8) is 0 Å². The molecular formula is C15H23N3OS. The summed E-state index contributed by atoms with van der Waals surface area (Å²) in [6.45, 7) is 7.03. The molecular weight excluding hydrogens is 270 g/mol. The van der Waals surface area contributed by atoms with Crippen molar-refractivity contribution < 1.29 is 4.74 Å². The Morgan fingerprint density at radius 3 is 2.90 bits per heavy atom. The Balaban J connectivity index is 2.19. The fraction of sp³-hybridized carbons (Fsp3) is 0.533. The van der Waals surface area contributed by atoms with Crippen molar-refractivity contribution in [3.05, 3.63) is 34.3 Å². The molecule has 0 amide bonds. The van der Waals surface area contributed by atoms with Gasteiger partial charge in [0.05, 0.1) is 24.4 Å². The van der Waals surface area contributed by atoms with Crippen molar-refractivity contribution in [1.82, 2.24) is 9.55 Å². The molecule has 0 aliphatic heterocycles. The molecule has 0 bridgehead atoms. The molecule has 2 rings (SSSR count). The smallest absolute Gasteiger partial charge is 0.203 e. The molecule has 2 aromatic rings. The Bertz CT molecular complexity index is 521. The molecule has 5 heteroatoms. The number of methoxy groups -OCH3 is 1. The van der Waals surface area contributed by atoms with Gasteiger partial charge in [0.25, 0.3) is 0 Å². The van der Waals surface area contributed by atoms with E-state index >= 15 is 0 Å². The number of nitrogens with zero attached hydrogens (tertiary/aromatic N) is 2. The molecule has 0 aliphatic rings. The van der Waals surface area contributed by atoms with Gasteiger partial charge in [-0.15, -0.1) is 11.3 Å². The summed E-state index contributed by atoms with van der Waals surface area (Å²) < 4.78 is 7.41. The Hall–Kier alpha value is -1.33. The Labute approximate surface area is 124 Å². The molecule has 20 heavy (non-hydrogen) atoms. The summed E-state index contributed by atoms with van der Waals surface area (Å²) >= 11 is 1.78. The van der Waals surface area contributed by atoms with Crippen molar-refractivity contribution in [3.8, 4) is 0 Å². The predicted molar refractivity (Wildman–Crippen MR) is 84.5 cm³/mol. The van der Waals surface area contributed by atoms with E-state index in [0.717, 1.165) is 18.1 Å². The molecule has 0 fully saturated rings. The minimum absolute atomic E-state index is 0.268. The van der Waals surface area contributed by atoms with Crippen molar-refractivity contribution in [2.45, 2.75) is 39.3 Å². The van der Waals surface area contributed by atoms with Gasteiger partial charge in [0, 0.05) is 18.2 Å². The number of rotatable bonds is 7. The first-order chi connectivity index (χ1) is 9.65. The van der Waals surface area contributed by atoms with Gasteiger partial charge < -0.3 is 14.6 Å². The summed E-state index contributed by atoms with van der Waals surface area (Å²) in [5, 5.41) is 5.68. The van der Waals surface area contributed by atoms with E-state index in [4.69, 9.17) is 4.74 Å². The molecule has 2 aromatic heterocycles. The lowest BCUT2D eigenvalue weighted by molar-refractivity contribution is 0.163. The fourth-order valence-electron chi connectivity index (χ4n) is 2.30. The lowest BCUT2D eigenvalue weighted by Gasteiger charge is -2.20. The van der Waals surface area contributed by atoms with Crippen LogP contribution >= 0.6 is 11.3 Å². The van der Waals surface area contributed by atoms with E-state index in [1.807, 2.05) is 6.92 Å². The maximum atomic E-state index is 5.25. The van der Waals surface area contributed by atoms with Crippen LogP contribution in [0.15, 0.2) is 23.7 Å². The number of imidazole rings is 1. The van der Waals surface area contributed by atoms with Crippen LogP contribution in [-0.2, 0) is 4.74 Å². The second-order valence-corrected chi connectivity index (χ2v) is 6.02. The van der Waals surface area contributed by atoms with Crippen molar-refractivity contribution in [2.75, 3.05) is 19.0 Å². The molecule has 0 spiro atoms. The molecule has 0 radical (unpaired) electrons. The van der Waals surface area contributed by atoms with Crippen LogP contribution in [0.25, 0.3) is 0 Å². The predicted octanol–water partition coefficient (Wildman–Crippen LogP) is 4.02. The minimum atomic E-state index is 0.268. The van der Waals surface area contributed by atoms with Crippen LogP contribution in [0, 0.1) is 6.92 Å². The van der Waals surface area contributed by atoms with Crippen molar-refractivity contribution in [2.24, 2.45) is 0 Å². The monoisotopic (exact) mass is 293 g/mol. The number of anilines is 1. The standard InChI is InChI=1S/C15H23N3OS/c1-5-13(14-7-6-8-20-14)17-15-16-11(2)9-18(15)12(3)10-19-4/h6-9,12-13H,5,10H2,1-4H3,(H,16,17). The first-order valence-electron chi connectivity index (χ1n) is 7.00. The summed E-state index contributed by atoms with van der Waals surface area (Å²) in [5.74, 6) is 0.923. The van der Waals surface area contributed by atoms with Crippen LogP contribution in [0.2, 0.25) is 0 Å². The summed E-state index contributed by atoms with van der Waals surface area (Å²) in [7, 11) is 1.73. The zero-order valence-electron chi connectivity index (χ0n) is 12.6. The van der Waals surface area contributed by atoms with Gasteiger partial charge in [0.1, 0.15) is 0 Å². The topological polar surface area (TPSA) is 39.1 Å². The number of aromatic nitrogens is 2. The molecule has 0 aromatic carbocycles. The van der Waals surface area contributed by atoms with E-state index in [2.05, 4.69) is 52.4 Å². The first-order valence-corrected chi connectivity index (χ1v) is 7.88. The van der Waals surface area contributed by atoms with Crippen molar-refractivity contribution >= 4 is 17.3 Å². The Kier molecular flexibility index (Phi) is 5.20. The van der Waals surface area contributed by atoms with E-state index < -0.39 is 0 Å². The lowest BCUT2D eigenvalue weighted by atomic mass is 10.2. The molecule has 0 saturated heterocycles. The number of nitrogens with one attached hydrogen (secondary N) is 1. The molecule has 2 unspecified atom stereocenters. The van der Waals surface area contributed by atoms with E-state index in [9.17, 15) is 0 Å². The molecule has 0 aliphatic carbocycles. The normalized spacial score (nSPS) is 14.2. The molecule has 2 atom stereocenters. The van der Waals surface area contributed by atoms with Crippen LogP contribution in [0.4, 0.5) is 5.95 Å². The van der Waals surface area contributed by atoms with Gasteiger partial charge >= 0.3 is 0 Å². The van der Waals surface area contributed by atoms with E-state index in [1.54, 1.807) is 18.4 Å². The molecule has 110 valence electrons. The van der Waals surface area contributed by atoms with E-state index in [1.165, 1.54) is 4.88 Å². The SMILES string of the molecule is CCC(Nc1nc(C)cn1C(C)COC)c1cccs1. The largest absolute Gasteiger partial charge is 0.383 e. The maximum absolute atomic E-state index is 5.25. The van der Waals surface area contributed by atoms with Crippen LogP contribution in [0.3, 0.4) is 0 Å². The van der Waals surface area contributed by atoms with Crippen LogP contribution < -0.4 is 5.32 Å². The summed E-state index contributed by atoms with van der Waals surface area (Å²) in [4.78, 5) is 5.96. The highest BCUT2D eigenvalue weighted by atomic mass is 32.1. The van der Waals surface area contributed by atoms with Gasteiger partial charge in [-0.05, 0) is 31.7 Å². The highest BCUT2D eigenvalue weighted by Crippen LogP contribution is 2.27. The molecule has 2 heterocycles. The van der Waals surface area contributed by atoms with Gasteiger partial charge in [-0.3, -0.25) is 0 Å². The van der Waals surface area contributed by atoms with Gasteiger partial charge in [0.15, 0.2) is 0 Å². The third-order valence-electron chi connectivity index (χ3n) is 3.33. The molecule has 0 saturated carbocycles. The minimum Gasteiger partial charge on any atom is -0.383 e.